The number of fused-ring (bicyclic) bond motifs is 1. The molecule has 1 aromatic carbocycles. The SMILES string of the molecule is CCn1nccc1-c1cc(C(=O)OC)n2nc(-c3ccccc3)cc2n1. The van der Waals surface area contributed by atoms with Crippen LogP contribution in [0.15, 0.2) is 54.7 Å². The van der Waals surface area contributed by atoms with Gasteiger partial charge in [0.1, 0.15) is 0 Å². The summed E-state index contributed by atoms with van der Waals surface area (Å²) in [5.41, 5.74) is 4.07. The Morgan fingerprint density at radius 1 is 1.12 bits per heavy atom. The number of methoxy groups -OCH3 is 1. The Kier molecular flexibility index (Phi) is 3.96. The summed E-state index contributed by atoms with van der Waals surface area (Å²) in [6, 6.07) is 15.2. The summed E-state index contributed by atoms with van der Waals surface area (Å²) in [5.74, 6) is -0.469. The summed E-state index contributed by atoms with van der Waals surface area (Å²) in [5, 5.41) is 8.82. The van der Waals surface area contributed by atoms with Crippen molar-refractivity contribution in [3.8, 4) is 22.6 Å². The maximum absolute atomic E-state index is 12.3. The van der Waals surface area contributed by atoms with Gasteiger partial charge in [-0.3, -0.25) is 4.68 Å². The van der Waals surface area contributed by atoms with Gasteiger partial charge in [-0.1, -0.05) is 30.3 Å². The number of benzene rings is 1. The summed E-state index contributed by atoms with van der Waals surface area (Å²) in [6.07, 6.45) is 1.72. The van der Waals surface area contributed by atoms with Crippen LogP contribution in [-0.4, -0.2) is 37.5 Å². The highest BCUT2D eigenvalue weighted by atomic mass is 16.5. The van der Waals surface area contributed by atoms with Gasteiger partial charge in [-0.15, -0.1) is 0 Å². The summed E-state index contributed by atoms with van der Waals surface area (Å²) >= 11 is 0. The number of hydrogen-bond donors (Lipinski definition) is 0. The third-order valence-corrected chi connectivity index (χ3v) is 4.17. The van der Waals surface area contributed by atoms with Gasteiger partial charge in [0.15, 0.2) is 11.3 Å². The number of aromatic nitrogens is 5. The zero-order valence-corrected chi connectivity index (χ0v) is 14.5. The van der Waals surface area contributed by atoms with Gasteiger partial charge in [-0.25, -0.2) is 14.3 Å². The number of esters is 1. The molecule has 0 fully saturated rings. The van der Waals surface area contributed by atoms with Crippen LogP contribution in [0.5, 0.6) is 0 Å². The number of nitrogens with zero attached hydrogens (tertiary/aromatic N) is 5. The molecule has 0 amide bonds. The Hall–Kier alpha value is -3.48. The lowest BCUT2D eigenvalue weighted by molar-refractivity contribution is 0.0590. The first kappa shape index (κ1) is 16.0. The first-order valence-corrected chi connectivity index (χ1v) is 8.28. The fourth-order valence-corrected chi connectivity index (χ4v) is 2.91. The number of rotatable bonds is 4. The molecule has 0 bridgehead atoms. The Balaban J connectivity index is 1.95. The zero-order chi connectivity index (χ0) is 18.1. The van der Waals surface area contributed by atoms with Crippen LogP contribution in [0, 0.1) is 0 Å². The van der Waals surface area contributed by atoms with E-state index in [1.165, 1.54) is 11.6 Å². The standard InChI is InChI=1S/C19H17N5O2/c1-3-23-16(9-10-20-23)15-11-17(19(25)26-2)24-18(21-15)12-14(22-24)13-7-5-4-6-8-13/h4-12H,3H2,1-2H3. The fraction of sp³-hybridized carbons (Fsp3) is 0.158. The smallest absolute Gasteiger partial charge is 0.356 e. The lowest BCUT2D eigenvalue weighted by atomic mass is 10.2. The maximum atomic E-state index is 12.3. The maximum Gasteiger partial charge on any atom is 0.356 e. The molecule has 0 aliphatic carbocycles. The van der Waals surface area contributed by atoms with Crippen molar-refractivity contribution in [1.29, 1.82) is 0 Å². The molecule has 7 nitrogen and oxygen atoms in total. The Labute approximate surface area is 149 Å². The van der Waals surface area contributed by atoms with Crippen LogP contribution in [-0.2, 0) is 11.3 Å². The van der Waals surface area contributed by atoms with E-state index in [2.05, 4.69) is 15.2 Å². The van der Waals surface area contributed by atoms with E-state index in [9.17, 15) is 4.79 Å². The van der Waals surface area contributed by atoms with E-state index in [1.807, 2.05) is 54.1 Å². The van der Waals surface area contributed by atoms with Gasteiger partial charge >= 0.3 is 5.97 Å². The lowest BCUT2D eigenvalue weighted by Crippen LogP contribution is -2.11. The average Bonchev–Trinajstić information content (AvgIpc) is 3.33. The molecule has 130 valence electrons. The van der Waals surface area contributed by atoms with Crippen LogP contribution in [0.2, 0.25) is 0 Å². The Morgan fingerprint density at radius 2 is 1.92 bits per heavy atom. The molecular weight excluding hydrogens is 330 g/mol. The molecule has 0 N–H and O–H groups in total. The van der Waals surface area contributed by atoms with Crippen molar-refractivity contribution in [2.45, 2.75) is 13.5 Å². The van der Waals surface area contributed by atoms with Crippen molar-refractivity contribution in [1.82, 2.24) is 24.4 Å². The highest BCUT2D eigenvalue weighted by molar-refractivity contribution is 5.89. The van der Waals surface area contributed by atoms with Gasteiger partial charge in [0.25, 0.3) is 0 Å². The molecule has 4 aromatic rings. The summed E-state index contributed by atoms with van der Waals surface area (Å²) in [4.78, 5) is 17.0. The quantitative estimate of drug-likeness (QED) is 0.530. The van der Waals surface area contributed by atoms with Crippen molar-refractivity contribution in [3.05, 3.63) is 60.4 Å². The minimum Gasteiger partial charge on any atom is -0.464 e. The number of carbonyl (C=O) groups is 1. The molecule has 0 radical (unpaired) electrons. The van der Waals surface area contributed by atoms with E-state index >= 15 is 0 Å². The topological polar surface area (TPSA) is 74.3 Å². The van der Waals surface area contributed by atoms with Crippen molar-refractivity contribution in [2.75, 3.05) is 7.11 Å². The van der Waals surface area contributed by atoms with Crippen molar-refractivity contribution in [2.24, 2.45) is 0 Å². The van der Waals surface area contributed by atoms with E-state index in [0.717, 1.165) is 17.0 Å². The molecule has 0 unspecified atom stereocenters. The van der Waals surface area contributed by atoms with Crippen LogP contribution < -0.4 is 0 Å². The lowest BCUT2D eigenvalue weighted by Gasteiger charge is -2.08. The summed E-state index contributed by atoms with van der Waals surface area (Å²) < 4.78 is 8.28. The monoisotopic (exact) mass is 347 g/mol. The van der Waals surface area contributed by atoms with Crippen LogP contribution in [0.1, 0.15) is 17.4 Å². The van der Waals surface area contributed by atoms with Gasteiger partial charge in [-0.05, 0) is 19.1 Å². The first-order valence-electron chi connectivity index (χ1n) is 8.28. The second kappa shape index (κ2) is 6.44. The first-order chi connectivity index (χ1) is 12.7. The molecule has 0 aliphatic rings. The van der Waals surface area contributed by atoms with E-state index in [0.29, 0.717) is 23.6 Å². The zero-order valence-electron chi connectivity index (χ0n) is 14.5. The van der Waals surface area contributed by atoms with Crippen LogP contribution in [0.3, 0.4) is 0 Å². The third kappa shape index (κ3) is 2.63. The molecule has 26 heavy (non-hydrogen) atoms. The van der Waals surface area contributed by atoms with Crippen molar-refractivity contribution >= 4 is 11.6 Å². The largest absolute Gasteiger partial charge is 0.464 e. The number of hydrogen-bond acceptors (Lipinski definition) is 5. The molecular formula is C19H17N5O2. The number of aryl methyl sites for hydroxylation is 1. The second-order valence-corrected chi connectivity index (χ2v) is 5.72. The van der Waals surface area contributed by atoms with E-state index in [1.54, 1.807) is 12.3 Å². The molecule has 3 aromatic heterocycles. The minimum atomic E-state index is -0.469. The van der Waals surface area contributed by atoms with Crippen molar-refractivity contribution < 1.29 is 9.53 Å². The molecule has 4 rings (SSSR count). The van der Waals surface area contributed by atoms with E-state index < -0.39 is 5.97 Å². The normalized spacial score (nSPS) is 11.0. The van der Waals surface area contributed by atoms with Crippen LogP contribution in [0.25, 0.3) is 28.3 Å². The third-order valence-electron chi connectivity index (χ3n) is 4.17. The molecule has 0 saturated heterocycles. The number of ether oxygens (including phenoxy) is 1. The average molecular weight is 347 g/mol. The Morgan fingerprint density at radius 3 is 2.65 bits per heavy atom. The van der Waals surface area contributed by atoms with Crippen LogP contribution in [0.4, 0.5) is 0 Å². The molecule has 3 heterocycles. The van der Waals surface area contributed by atoms with Gasteiger partial charge in [-0.2, -0.15) is 10.2 Å². The second-order valence-electron chi connectivity index (χ2n) is 5.72. The highest BCUT2D eigenvalue weighted by Gasteiger charge is 2.18. The molecule has 0 saturated carbocycles. The molecule has 7 heteroatoms. The van der Waals surface area contributed by atoms with Crippen LogP contribution >= 0.6 is 0 Å². The molecule has 0 aliphatic heterocycles. The van der Waals surface area contributed by atoms with Gasteiger partial charge < -0.3 is 4.74 Å². The van der Waals surface area contributed by atoms with Gasteiger partial charge in [0, 0.05) is 24.4 Å². The minimum absolute atomic E-state index is 0.318. The summed E-state index contributed by atoms with van der Waals surface area (Å²) in [6.45, 7) is 2.71. The fourth-order valence-electron chi connectivity index (χ4n) is 2.91. The van der Waals surface area contributed by atoms with Crippen molar-refractivity contribution in [3.63, 3.8) is 0 Å². The van der Waals surface area contributed by atoms with Gasteiger partial charge in [0.2, 0.25) is 0 Å². The van der Waals surface area contributed by atoms with E-state index in [-0.39, 0.29) is 0 Å². The predicted molar refractivity (Wildman–Crippen MR) is 96.7 cm³/mol. The number of carbonyl (C=O) groups excluding carboxylic acids is 1. The Bertz CT molecular complexity index is 1080. The van der Waals surface area contributed by atoms with E-state index in [4.69, 9.17) is 4.74 Å². The summed E-state index contributed by atoms with van der Waals surface area (Å²) in [7, 11) is 1.35. The molecule has 0 spiro atoms. The van der Waals surface area contributed by atoms with Gasteiger partial charge in [0.05, 0.1) is 24.2 Å². The molecule has 0 atom stereocenters. The highest BCUT2D eigenvalue weighted by Crippen LogP contribution is 2.24. The predicted octanol–water partition coefficient (Wildman–Crippen LogP) is 3.07.